The Balaban J connectivity index is 1.26. The van der Waals surface area contributed by atoms with Crippen LogP contribution in [0.1, 0.15) is 52.9 Å². The highest BCUT2D eigenvalue weighted by molar-refractivity contribution is 7.90. The number of nitrogens with one attached hydrogen (secondary N) is 1. The Bertz CT molecular complexity index is 1700. The van der Waals surface area contributed by atoms with Crippen LogP contribution in [-0.2, 0) is 27.9 Å². The van der Waals surface area contributed by atoms with Gasteiger partial charge in [-0.25, -0.2) is 17.9 Å². The van der Waals surface area contributed by atoms with Crippen molar-refractivity contribution in [1.29, 1.82) is 0 Å². The number of likely N-dealkylation sites (tertiary alicyclic amines) is 1. The second-order valence-corrected chi connectivity index (χ2v) is 13.1. The number of aryl methyl sites for hydroxylation is 2. The van der Waals surface area contributed by atoms with Crippen molar-refractivity contribution in [3.05, 3.63) is 101 Å². The van der Waals surface area contributed by atoms with Gasteiger partial charge in [0.1, 0.15) is 24.7 Å². The maximum absolute atomic E-state index is 13.6. The van der Waals surface area contributed by atoms with Crippen LogP contribution in [-0.4, -0.2) is 54.8 Å². The van der Waals surface area contributed by atoms with Crippen LogP contribution in [0, 0.1) is 13.8 Å². The molecule has 1 N–H and O–H groups in total. The number of fused-ring (bicyclic) bond motifs is 1. The molecule has 44 heavy (non-hydrogen) atoms. The summed E-state index contributed by atoms with van der Waals surface area (Å²) in [7, 11) is -4.00. The number of rotatable bonds is 11. The summed E-state index contributed by atoms with van der Waals surface area (Å²) in [4.78, 5) is 28.1. The maximum atomic E-state index is 13.6. The van der Waals surface area contributed by atoms with Crippen LogP contribution in [0.2, 0.25) is 0 Å². The van der Waals surface area contributed by atoms with Gasteiger partial charge in [-0.3, -0.25) is 4.79 Å². The number of aromatic nitrogens is 1. The van der Waals surface area contributed by atoms with Gasteiger partial charge in [-0.05, 0) is 74.9 Å². The topological polar surface area (TPSA) is 107 Å². The zero-order valence-electron chi connectivity index (χ0n) is 25.2. The fourth-order valence-electron chi connectivity index (χ4n) is 5.81. The summed E-state index contributed by atoms with van der Waals surface area (Å²) in [5.41, 5.74) is 3.75. The van der Waals surface area contributed by atoms with Crippen molar-refractivity contribution in [2.45, 2.75) is 58.7 Å². The van der Waals surface area contributed by atoms with Crippen LogP contribution in [0.25, 0.3) is 10.9 Å². The van der Waals surface area contributed by atoms with Gasteiger partial charge in [0.25, 0.3) is 5.91 Å². The highest BCUT2D eigenvalue weighted by Gasteiger charge is 2.30. The molecule has 10 heteroatoms. The maximum Gasteiger partial charge on any atom is 0.410 e. The number of amides is 2. The highest BCUT2D eigenvalue weighted by Crippen LogP contribution is 2.28. The number of nitrogens with zero attached hydrogens (tertiary/aromatic N) is 2. The molecule has 1 saturated heterocycles. The minimum atomic E-state index is -4.00. The van der Waals surface area contributed by atoms with Crippen molar-refractivity contribution in [2.24, 2.45) is 0 Å². The van der Waals surface area contributed by atoms with Crippen LogP contribution in [0.4, 0.5) is 4.79 Å². The van der Waals surface area contributed by atoms with Crippen LogP contribution in [0.15, 0.2) is 78.9 Å². The van der Waals surface area contributed by atoms with E-state index in [0.717, 1.165) is 34.9 Å². The molecule has 0 radical (unpaired) electrons. The lowest BCUT2D eigenvalue weighted by molar-refractivity contribution is 0.0672. The van der Waals surface area contributed by atoms with E-state index >= 15 is 0 Å². The van der Waals surface area contributed by atoms with E-state index in [2.05, 4.69) is 4.72 Å². The SMILES string of the molecule is Cc1ccc2c(c1)c(C)c(C(=O)NS(=O)(=O)CCC1CCCCN1C(=O)OCc1ccccc1)n2CCOc1ccccc1. The van der Waals surface area contributed by atoms with Crippen LogP contribution in [0.5, 0.6) is 5.75 Å². The summed E-state index contributed by atoms with van der Waals surface area (Å²) in [5.74, 6) is -0.258. The number of hydrogen-bond donors (Lipinski definition) is 1. The van der Waals surface area contributed by atoms with Crippen molar-refractivity contribution < 1.29 is 27.5 Å². The average Bonchev–Trinajstić information content (AvgIpc) is 3.30. The third-order valence-electron chi connectivity index (χ3n) is 8.05. The summed E-state index contributed by atoms with van der Waals surface area (Å²) >= 11 is 0. The molecule has 2 heterocycles. The summed E-state index contributed by atoms with van der Waals surface area (Å²) < 4.78 is 42.0. The number of benzene rings is 3. The normalized spacial score (nSPS) is 15.2. The smallest absolute Gasteiger partial charge is 0.410 e. The Morgan fingerprint density at radius 1 is 0.955 bits per heavy atom. The number of para-hydroxylation sites is 1. The van der Waals surface area contributed by atoms with Crippen molar-refractivity contribution in [2.75, 3.05) is 18.9 Å². The minimum Gasteiger partial charge on any atom is -0.492 e. The molecule has 0 aliphatic carbocycles. The number of sulfonamides is 1. The van der Waals surface area contributed by atoms with E-state index in [1.54, 1.807) is 4.90 Å². The molecule has 0 spiro atoms. The van der Waals surface area contributed by atoms with Crippen molar-refractivity contribution >= 4 is 32.9 Å². The lowest BCUT2D eigenvalue weighted by Crippen LogP contribution is -2.45. The van der Waals surface area contributed by atoms with E-state index in [-0.39, 0.29) is 30.5 Å². The molecule has 1 aliphatic rings. The second kappa shape index (κ2) is 14.0. The molecule has 1 aromatic heterocycles. The third kappa shape index (κ3) is 7.60. The number of piperidine rings is 1. The summed E-state index contributed by atoms with van der Waals surface area (Å²) in [6, 6.07) is 24.5. The van der Waals surface area contributed by atoms with E-state index in [4.69, 9.17) is 9.47 Å². The molecule has 4 aromatic rings. The van der Waals surface area contributed by atoms with Crippen LogP contribution in [0.3, 0.4) is 0 Å². The molecule has 1 fully saturated rings. The number of carbonyl (C=O) groups excluding carboxylic acids is 2. The van der Waals surface area contributed by atoms with Crippen molar-refractivity contribution in [3.63, 3.8) is 0 Å². The summed E-state index contributed by atoms with van der Waals surface area (Å²) in [6.45, 7) is 5.12. The highest BCUT2D eigenvalue weighted by atomic mass is 32.2. The largest absolute Gasteiger partial charge is 0.492 e. The molecular weight excluding hydrogens is 578 g/mol. The van der Waals surface area contributed by atoms with Crippen molar-refractivity contribution in [3.8, 4) is 5.75 Å². The minimum absolute atomic E-state index is 0.153. The zero-order valence-corrected chi connectivity index (χ0v) is 26.0. The Morgan fingerprint density at radius 2 is 1.68 bits per heavy atom. The predicted molar refractivity (Wildman–Crippen MR) is 170 cm³/mol. The van der Waals surface area contributed by atoms with Gasteiger partial charge in [-0.2, -0.15) is 0 Å². The predicted octanol–water partition coefficient (Wildman–Crippen LogP) is 5.98. The Morgan fingerprint density at radius 3 is 2.43 bits per heavy atom. The van der Waals surface area contributed by atoms with Crippen LogP contribution >= 0.6 is 0 Å². The molecule has 0 saturated carbocycles. The van der Waals surface area contributed by atoms with Gasteiger partial charge in [0.05, 0.1) is 12.3 Å². The number of hydrogen-bond acceptors (Lipinski definition) is 6. The first kappa shape index (κ1) is 31.1. The lowest BCUT2D eigenvalue weighted by atomic mass is 10.0. The Labute approximate surface area is 258 Å². The molecule has 5 rings (SSSR count). The first-order valence-electron chi connectivity index (χ1n) is 15.0. The Kier molecular flexibility index (Phi) is 9.89. The summed E-state index contributed by atoms with van der Waals surface area (Å²) in [6.07, 6.45) is 2.15. The van der Waals surface area contributed by atoms with Crippen LogP contribution < -0.4 is 9.46 Å². The van der Waals surface area contributed by atoms with E-state index in [0.29, 0.717) is 37.4 Å². The quantitative estimate of drug-likeness (QED) is 0.222. The second-order valence-electron chi connectivity index (χ2n) is 11.2. The van der Waals surface area contributed by atoms with Gasteiger partial charge in [-0.15, -0.1) is 0 Å². The number of ether oxygens (including phenoxy) is 2. The van der Waals surface area contributed by atoms with Crippen molar-refractivity contribution in [1.82, 2.24) is 14.2 Å². The summed E-state index contributed by atoms with van der Waals surface area (Å²) in [5, 5.41) is 0.888. The molecular formula is C34H39N3O6S. The standard InChI is InChI=1S/C34H39N3O6S/c1-25-16-17-31-30(23-25)26(2)32(37(31)20-21-42-29-14-7-4-8-15-29)33(38)35-44(40,41)22-18-28-13-9-10-19-36(28)34(39)43-24-27-11-5-3-6-12-27/h3-8,11-12,14-17,23,28H,9-10,13,18-22,24H2,1-2H3,(H,35,38). The molecule has 3 aromatic carbocycles. The molecule has 1 atom stereocenters. The fraction of sp³-hybridized carbons (Fsp3) is 0.353. The molecule has 1 aliphatic heterocycles. The van der Waals surface area contributed by atoms with Gasteiger partial charge < -0.3 is 18.9 Å². The van der Waals surface area contributed by atoms with Gasteiger partial charge in [0, 0.05) is 23.5 Å². The van der Waals surface area contributed by atoms with Gasteiger partial charge in [0.15, 0.2) is 0 Å². The lowest BCUT2D eigenvalue weighted by Gasteiger charge is -2.34. The number of carbonyl (C=O) groups is 2. The molecule has 2 amide bonds. The molecule has 9 nitrogen and oxygen atoms in total. The first-order valence-corrected chi connectivity index (χ1v) is 16.7. The van der Waals surface area contributed by atoms with Gasteiger partial charge in [0.2, 0.25) is 10.0 Å². The van der Waals surface area contributed by atoms with E-state index in [9.17, 15) is 18.0 Å². The third-order valence-corrected chi connectivity index (χ3v) is 9.32. The van der Waals surface area contributed by atoms with E-state index in [1.165, 1.54) is 0 Å². The van der Waals surface area contributed by atoms with E-state index < -0.39 is 22.0 Å². The fourth-order valence-corrected chi connectivity index (χ4v) is 6.87. The molecule has 1 unspecified atom stereocenters. The molecule has 232 valence electrons. The average molecular weight is 618 g/mol. The zero-order chi connectivity index (χ0) is 31.1. The monoisotopic (exact) mass is 617 g/mol. The van der Waals surface area contributed by atoms with Gasteiger partial charge in [-0.1, -0.05) is 60.2 Å². The first-order chi connectivity index (χ1) is 21.2. The Hall–Kier alpha value is -4.31. The van der Waals surface area contributed by atoms with Gasteiger partial charge >= 0.3 is 6.09 Å². The molecule has 0 bridgehead atoms. The van der Waals surface area contributed by atoms with E-state index in [1.807, 2.05) is 97.3 Å².